The number of aromatic nitrogens is 2. The Bertz CT molecular complexity index is 827. The fraction of sp³-hybridized carbons (Fsp3) is 0.444. The van der Waals surface area contributed by atoms with Gasteiger partial charge in [-0.2, -0.15) is 5.10 Å². The van der Waals surface area contributed by atoms with Crippen LogP contribution in [0.15, 0.2) is 40.5 Å². The first kappa shape index (κ1) is 18.5. The molecule has 1 aliphatic carbocycles. The highest BCUT2D eigenvalue weighted by Gasteiger charge is 2.35. The first-order chi connectivity index (χ1) is 13.2. The van der Waals surface area contributed by atoms with Gasteiger partial charge in [-0.15, -0.1) is 23.1 Å². The summed E-state index contributed by atoms with van der Waals surface area (Å²) in [7, 11) is 1.69. The van der Waals surface area contributed by atoms with Crippen LogP contribution in [-0.2, 0) is 16.3 Å². The Morgan fingerprint density at radius 1 is 1.48 bits per heavy atom. The lowest BCUT2D eigenvalue weighted by molar-refractivity contribution is 0.200. The molecule has 0 amide bonds. The molecular formula is C18H24N6OS2. The Labute approximate surface area is 166 Å². The van der Waals surface area contributed by atoms with Crippen LogP contribution in [0.1, 0.15) is 35.0 Å². The molecule has 5 N–H and O–H groups in total. The van der Waals surface area contributed by atoms with Crippen molar-refractivity contribution in [2.24, 2.45) is 10.7 Å². The zero-order chi connectivity index (χ0) is 18.7. The molecule has 1 aliphatic heterocycles. The third-order valence-electron chi connectivity index (χ3n) is 4.45. The molecule has 0 bridgehead atoms. The molecule has 1 saturated carbocycles. The number of thiophene rings is 1. The molecule has 144 valence electrons. The lowest BCUT2D eigenvalue weighted by atomic mass is 10.2. The van der Waals surface area contributed by atoms with E-state index in [0.717, 1.165) is 22.3 Å². The summed E-state index contributed by atoms with van der Waals surface area (Å²) in [6.07, 6.45) is 4.41. The molecule has 9 heteroatoms. The quantitative estimate of drug-likeness (QED) is 0.504. The second-order valence-electron chi connectivity index (χ2n) is 6.67. The predicted octanol–water partition coefficient (Wildman–Crippen LogP) is 2.43. The molecule has 27 heavy (non-hydrogen) atoms. The van der Waals surface area contributed by atoms with Gasteiger partial charge in [0, 0.05) is 42.0 Å². The summed E-state index contributed by atoms with van der Waals surface area (Å²) in [5.41, 5.74) is 8.49. The third-order valence-corrected chi connectivity index (χ3v) is 6.47. The Balaban J connectivity index is 1.54. The molecule has 0 saturated heterocycles. The van der Waals surface area contributed by atoms with Crippen LogP contribution >= 0.6 is 23.1 Å². The van der Waals surface area contributed by atoms with Crippen LogP contribution in [0.4, 0.5) is 0 Å². The van der Waals surface area contributed by atoms with Crippen molar-refractivity contribution in [3.05, 3.63) is 51.7 Å². The normalized spacial score (nSPS) is 22.1. The number of rotatable bonds is 8. The van der Waals surface area contributed by atoms with Gasteiger partial charge in [0.1, 0.15) is 11.5 Å². The molecule has 2 aliphatic rings. The summed E-state index contributed by atoms with van der Waals surface area (Å²) in [5, 5.41) is 17.1. The van der Waals surface area contributed by atoms with Crippen molar-refractivity contribution in [2.75, 3.05) is 20.3 Å². The number of hydrogen-bond donors (Lipinski definition) is 4. The van der Waals surface area contributed by atoms with E-state index in [1.807, 2.05) is 12.1 Å². The molecule has 2 aromatic heterocycles. The van der Waals surface area contributed by atoms with E-state index in [1.54, 1.807) is 30.2 Å². The molecule has 0 spiro atoms. The minimum absolute atomic E-state index is 0.588. The van der Waals surface area contributed by atoms with Crippen LogP contribution in [0.5, 0.6) is 0 Å². The zero-order valence-corrected chi connectivity index (χ0v) is 16.8. The van der Waals surface area contributed by atoms with E-state index in [0.29, 0.717) is 24.8 Å². The Hall–Kier alpha value is -1.81. The van der Waals surface area contributed by atoms with Gasteiger partial charge >= 0.3 is 0 Å². The van der Waals surface area contributed by atoms with Gasteiger partial charge in [-0.1, -0.05) is 6.07 Å². The van der Waals surface area contributed by atoms with Gasteiger partial charge in [0.05, 0.1) is 11.7 Å². The number of ether oxygens (including phenoxy) is 1. The van der Waals surface area contributed by atoms with E-state index in [1.165, 1.54) is 17.7 Å². The summed E-state index contributed by atoms with van der Waals surface area (Å²) in [4.78, 5) is 6.08. The Morgan fingerprint density at radius 2 is 2.37 bits per heavy atom. The highest BCUT2D eigenvalue weighted by molar-refractivity contribution is 8.13. The fourth-order valence-electron chi connectivity index (χ4n) is 2.85. The van der Waals surface area contributed by atoms with Crippen LogP contribution in [0.25, 0.3) is 0 Å². The lowest BCUT2D eigenvalue weighted by Crippen LogP contribution is -2.53. The van der Waals surface area contributed by atoms with E-state index in [2.05, 4.69) is 38.3 Å². The standard InChI is InChI=1S/C18H24N6OS2/c1-25-7-6-20-16-10-17(27-11-13-3-2-8-26-13)22-18(19,21-16)15-9-14(23-24-15)12-4-5-12/h2-3,8-10,12,20-21H,4-7,11,19H2,1H3,(H,23,24). The van der Waals surface area contributed by atoms with E-state index < -0.39 is 5.79 Å². The highest BCUT2D eigenvalue weighted by Crippen LogP contribution is 2.40. The zero-order valence-electron chi connectivity index (χ0n) is 15.2. The average molecular weight is 405 g/mol. The number of H-pyrrole nitrogens is 1. The van der Waals surface area contributed by atoms with Crippen molar-refractivity contribution in [1.29, 1.82) is 0 Å². The number of aromatic amines is 1. The van der Waals surface area contributed by atoms with Crippen LogP contribution < -0.4 is 16.4 Å². The van der Waals surface area contributed by atoms with Gasteiger partial charge in [0.15, 0.2) is 0 Å². The fourth-order valence-corrected chi connectivity index (χ4v) is 4.59. The van der Waals surface area contributed by atoms with Crippen molar-refractivity contribution >= 4 is 28.1 Å². The van der Waals surface area contributed by atoms with Gasteiger partial charge in [-0.3, -0.25) is 10.8 Å². The van der Waals surface area contributed by atoms with Gasteiger partial charge in [-0.25, -0.2) is 4.99 Å². The third kappa shape index (κ3) is 4.55. The molecular weight excluding hydrogens is 380 g/mol. The molecule has 4 rings (SSSR count). The van der Waals surface area contributed by atoms with Crippen molar-refractivity contribution < 1.29 is 4.74 Å². The van der Waals surface area contributed by atoms with Gasteiger partial charge in [0.2, 0.25) is 5.79 Å². The second-order valence-corrected chi connectivity index (χ2v) is 8.70. The average Bonchev–Trinajstić information content (AvgIpc) is 3.16. The van der Waals surface area contributed by atoms with E-state index >= 15 is 0 Å². The summed E-state index contributed by atoms with van der Waals surface area (Å²) < 4.78 is 5.13. The molecule has 0 radical (unpaired) electrons. The first-order valence-corrected chi connectivity index (χ1v) is 10.9. The van der Waals surface area contributed by atoms with Crippen LogP contribution in [0, 0.1) is 0 Å². The maximum absolute atomic E-state index is 6.64. The molecule has 2 aromatic rings. The molecule has 1 atom stereocenters. The van der Waals surface area contributed by atoms with E-state index in [4.69, 9.17) is 15.5 Å². The largest absolute Gasteiger partial charge is 0.383 e. The van der Waals surface area contributed by atoms with Crippen molar-refractivity contribution in [3.63, 3.8) is 0 Å². The molecule has 3 heterocycles. The minimum Gasteiger partial charge on any atom is -0.383 e. The summed E-state index contributed by atoms with van der Waals surface area (Å²) in [6.45, 7) is 1.29. The number of thioether (sulfide) groups is 1. The molecule has 1 fully saturated rings. The van der Waals surface area contributed by atoms with Gasteiger partial charge in [0.25, 0.3) is 0 Å². The van der Waals surface area contributed by atoms with Crippen LogP contribution in [-0.4, -0.2) is 35.5 Å². The number of nitrogens with zero attached hydrogens (tertiary/aromatic N) is 2. The van der Waals surface area contributed by atoms with Crippen molar-refractivity contribution in [1.82, 2.24) is 20.8 Å². The SMILES string of the molecule is COCCNC1=CC(SCc2cccs2)=NC(N)(c2cc(C3CC3)[nH]n2)N1. The number of hydrogen-bond acceptors (Lipinski definition) is 8. The first-order valence-electron chi connectivity index (χ1n) is 8.98. The Morgan fingerprint density at radius 3 is 3.11 bits per heavy atom. The maximum atomic E-state index is 6.64. The van der Waals surface area contributed by atoms with Gasteiger partial charge in [-0.05, 0) is 30.4 Å². The monoisotopic (exact) mass is 404 g/mol. The molecule has 7 nitrogen and oxygen atoms in total. The number of nitrogens with two attached hydrogens (primary N) is 1. The van der Waals surface area contributed by atoms with Crippen LogP contribution in [0.2, 0.25) is 0 Å². The van der Waals surface area contributed by atoms with Crippen LogP contribution in [0.3, 0.4) is 0 Å². The van der Waals surface area contributed by atoms with E-state index in [9.17, 15) is 0 Å². The highest BCUT2D eigenvalue weighted by atomic mass is 32.2. The minimum atomic E-state index is -1.09. The Kier molecular flexibility index (Phi) is 5.53. The maximum Gasteiger partial charge on any atom is 0.230 e. The van der Waals surface area contributed by atoms with Gasteiger partial charge < -0.3 is 15.4 Å². The topological polar surface area (TPSA) is 100 Å². The summed E-state index contributed by atoms with van der Waals surface area (Å²) in [6, 6.07) is 6.23. The molecule has 0 aromatic carbocycles. The molecule has 1 unspecified atom stereocenters. The second kappa shape index (κ2) is 8.05. The van der Waals surface area contributed by atoms with Crippen molar-refractivity contribution in [2.45, 2.75) is 30.3 Å². The number of nitrogens with one attached hydrogen (secondary N) is 3. The predicted molar refractivity (Wildman–Crippen MR) is 111 cm³/mol. The number of methoxy groups -OCH3 is 1. The smallest absolute Gasteiger partial charge is 0.230 e. The summed E-state index contributed by atoms with van der Waals surface area (Å²) >= 11 is 3.42. The summed E-state index contributed by atoms with van der Waals surface area (Å²) in [5.74, 6) is 1.19. The van der Waals surface area contributed by atoms with E-state index in [-0.39, 0.29) is 0 Å². The lowest BCUT2D eigenvalue weighted by Gasteiger charge is -2.31. The number of aliphatic imine (C=N–C) groups is 1. The van der Waals surface area contributed by atoms with Crippen molar-refractivity contribution in [3.8, 4) is 0 Å².